The number of rotatable bonds is 3. The maximum Gasteiger partial charge on any atom is 0.230 e. The van der Waals surface area contributed by atoms with Crippen LogP contribution in [0.2, 0.25) is 0 Å². The van der Waals surface area contributed by atoms with Crippen molar-refractivity contribution in [1.82, 2.24) is 4.98 Å². The monoisotopic (exact) mass is 305 g/mol. The highest BCUT2D eigenvalue weighted by Crippen LogP contribution is 2.15. The number of nitrogen functional groups attached to an aromatic ring is 1. The quantitative estimate of drug-likeness (QED) is 0.916. The van der Waals surface area contributed by atoms with Crippen molar-refractivity contribution in [2.24, 2.45) is 0 Å². The van der Waals surface area contributed by atoms with Gasteiger partial charge in [0.15, 0.2) is 0 Å². The van der Waals surface area contributed by atoms with Crippen molar-refractivity contribution >= 4 is 33.2 Å². The lowest BCUT2D eigenvalue weighted by molar-refractivity contribution is -0.115. The number of aromatic nitrogens is 1. The lowest BCUT2D eigenvalue weighted by atomic mass is 10.2. The Morgan fingerprint density at radius 3 is 2.83 bits per heavy atom. The van der Waals surface area contributed by atoms with Crippen LogP contribution in [0.15, 0.2) is 47.1 Å². The van der Waals surface area contributed by atoms with Crippen molar-refractivity contribution in [3.8, 4) is 0 Å². The topological polar surface area (TPSA) is 68.0 Å². The zero-order chi connectivity index (χ0) is 13.0. The third-order valence-electron chi connectivity index (χ3n) is 2.30. The molecule has 4 nitrogen and oxygen atoms in total. The zero-order valence-electron chi connectivity index (χ0n) is 9.56. The summed E-state index contributed by atoms with van der Waals surface area (Å²) in [6.45, 7) is 0. The van der Waals surface area contributed by atoms with E-state index >= 15 is 0 Å². The molecule has 0 unspecified atom stereocenters. The van der Waals surface area contributed by atoms with Gasteiger partial charge in [0.2, 0.25) is 5.91 Å². The highest BCUT2D eigenvalue weighted by Gasteiger charge is 2.05. The minimum absolute atomic E-state index is 0.106. The molecule has 0 atom stereocenters. The van der Waals surface area contributed by atoms with E-state index in [-0.39, 0.29) is 12.3 Å². The molecule has 0 radical (unpaired) electrons. The van der Waals surface area contributed by atoms with E-state index in [1.54, 1.807) is 18.3 Å². The van der Waals surface area contributed by atoms with Crippen LogP contribution in [0.4, 0.5) is 11.4 Å². The number of carbonyl (C=O) groups is 1. The van der Waals surface area contributed by atoms with Crippen molar-refractivity contribution in [3.63, 3.8) is 0 Å². The third-order valence-corrected chi connectivity index (χ3v) is 2.79. The van der Waals surface area contributed by atoms with Crippen LogP contribution in [0, 0.1) is 0 Å². The standard InChI is InChI=1S/C13H12BrN3O/c14-9-2-1-3-12(6-9)17-13(18)7-11-5-4-10(15)8-16-11/h1-6,8H,7,15H2,(H,17,18). The fourth-order valence-electron chi connectivity index (χ4n) is 1.48. The average molecular weight is 306 g/mol. The van der Waals surface area contributed by atoms with Gasteiger partial charge in [-0.25, -0.2) is 0 Å². The van der Waals surface area contributed by atoms with E-state index in [0.29, 0.717) is 11.4 Å². The lowest BCUT2D eigenvalue weighted by Gasteiger charge is -2.05. The summed E-state index contributed by atoms with van der Waals surface area (Å²) in [7, 11) is 0. The first-order valence-corrected chi connectivity index (χ1v) is 6.18. The van der Waals surface area contributed by atoms with E-state index in [1.165, 1.54) is 0 Å². The van der Waals surface area contributed by atoms with Crippen LogP contribution in [-0.2, 0) is 11.2 Å². The van der Waals surface area contributed by atoms with Crippen molar-refractivity contribution in [2.45, 2.75) is 6.42 Å². The summed E-state index contributed by atoms with van der Waals surface area (Å²) in [5.74, 6) is -0.106. The molecule has 2 rings (SSSR count). The molecule has 1 aromatic carbocycles. The summed E-state index contributed by atoms with van der Waals surface area (Å²) in [4.78, 5) is 15.9. The van der Waals surface area contributed by atoms with Crippen molar-refractivity contribution in [3.05, 3.63) is 52.8 Å². The first-order chi connectivity index (χ1) is 8.63. The van der Waals surface area contributed by atoms with Gasteiger partial charge < -0.3 is 11.1 Å². The van der Waals surface area contributed by atoms with Gasteiger partial charge in [0.05, 0.1) is 18.3 Å². The minimum Gasteiger partial charge on any atom is -0.397 e. The van der Waals surface area contributed by atoms with E-state index < -0.39 is 0 Å². The molecule has 1 amide bonds. The largest absolute Gasteiger partial charge is 0.397 e. The van der Waals surface area contributed by atoms with E-state index in [4.69, 9.17) is 5.73 Å². The lowest BCUT2D eigenvalue weighted by Crippen LogP contribution is -2.15. The Hall–Kier alpha value is -1.88. The second-order valence-electron chi connectivity index (χ2n) is 3.82. The Balaban J connectivity index is 1.98. The zero-order valence-corrected chi connectivity index (χ0v) is 11.1. The smallest absolute Gasteiger partial charge is 0.230 e. The van der Waals surface area contributed by atoms with E-state index in [2.05, 4.69) is 26.2 Å². The summed E-state index contributed by atoms with van der Waals surface area (Å²) >= 11 is 3.35. The van der Waals surface area contributed by atoms with Gasteiger partial charge in [0.1, 0.15) is 0 Å². The van der Waals surface area contributed by atoms with Crippen LogP contribution in [0.3, 0.4) is 0 Å². The van der Waals surface area contributed by atoms with Crippen LogP contribution >= 0.6 is 15.9 Å². The molecule has 0 aliphatic heterocycles. The van der Waals surface area contributed by atoms with Gasteiger partial charge in [0.25, 0.3) is 0 Å². The van der Waals surface area contributed by atoms with E-state index in [1.807, 2.05) is 24.3 Å². The number of nitrogens with two attached hydrogens (primary N) is 1. The van der Waals surface area contributed by atoms with Crippen LogP contribution in [-0.4, -0.2) is 10.9 Å². The van der Waals surface area contributed by atoms with Crippen LogP contribution in [0.25, 0.3) is 0 Å². The van der Waals surface area contributed by atoms with Gasteiger partial charge >= 0.3 is 0 Å². The number of benzene rings is 1. The van der Waals surface area contributed by atoms with Crippen LogP contribution < -0.4 is 11.1 Å². The van der Waals surface area contributed by atoms with E-state index in [9.17, 15) is 4.79 Å². The van der Waals surface area contributed by atoms with Gasteiger partial charge in [-0.2, -0.15) is 0 Å². The highest BCUT2D eigenvalue weighted by atomic mass is 79.9. The minimum atomic E-state index is -0.106. The predicted molar refractivity (Wildman–Crippen MR) is 75.1 cm³/mol. The number of hydrogen-bond donors (Lipinski definition) is 2. The Bertz CT molecular complexity index is 554. The number of halogens is 1. The van der Waals surface area contributed by atoms with Gasteiger partial charge in [-0.3, -0.25) is 9.78 Å². The first kappa shape index (κ1) is 12.6. The molecule has 92 valence electrons. The van der Waals surface area contributed by atoms with Crippen molar-refractivity contribution < 1.29 is 4.79 Å². The predicted octanol–water partition coefficient (Wildman–Crippen LogP) is 2.61. The van der Waals surface area contributed by atoms with Crippen molar-refractivity contribution in [2.75, 3.05) is 11.1 Å². The second kappa shape index (κ2) is 5.64. The summed E-state index contributed by atoms with van der Waals surface area (Å²) in [6, 6.07) is 10.9. The molecule has 0 aliphatic carbocycles. The molecule has 0 saturated heterocycles. The molecule has 0 bridgehead atoms. The molecule has 1 heterocycles. The number of nitrogens with zero attached hydrogens (tertiary/aromatic N) is 1. The summed E-state index contributed by atoms with van der Waals surface area (Å²) in [6.07, 6.45) is 1.77. The molecule has 1 aromatic heterocycles. The maximum absolute atomic E-state index is 11.8. The molecule has 3 N–H and O–H groups in total. The van der Waals surface area contributed by atoms with Crippen LogP contribution in [0.1, 0.15) is 5.69 Å². The Morgan fingerprint density at radius 2 is 2.17 bits per heavy atom. The summed E-state index contributed by atoms with van der Waals surface area (Å²) in [5, 5.41) is 2.81. The maximum atomic E-state index is 11.8. The number of carbonyl (C=O) groups excluding carboxylic acids is 1. The molecular formula is C13H12BrN3O. The van der Waals surface area contributed by atoms with Crippen molar-refractivity contribution in [1.29, 1.82) is 0 Å². The van der Waals surface area contributed by atoms with Gasteiger partial charge in [0, 0.05) is 15.9 Å². The summed E-state index contributed by atoms with van der Waals surface area (Å²) < 4.78 is 0.922. The Morgan fingerprint density at radius 1 is 1.33 bits per heavy atom. The molecule has 0 aliphatic rings. The number of hydrogen-bond acceptors (Lipinski definition) is 3. The SMILES string of the molecule is Nc1ccc(CC(=O)Nc2cccc(Br)c2)nc1. The Kier molecular flexibility index (Phi) is 3.94. The second-order valence-corrected chi connectivity index (χ2v) is 4.73. The number of pyridine rings is 1. The van der Waals surface area contributed by atoms with Gasteiger partial charge in [-0.1, -0.05) is 22.0 Å². The first-order valence-electron chi connectivity index (χ1n) is 5.39. The molecule has 0 fully saturated rings. The van der Waals surface area contributed by atoms with Gasteiger partial charge in [-0.05, 0) is 30.3 Å². The molecule has 5 heteroatoms. The Labute approximate surface area is 113 Å². The fourth-order valence-corrected chi connectivity index (χ4v) is 1.88. The normalized spacial score (nSPS) is 10.1. The molecular weight excluding hydrogens is 294 g/mol. The number of nitrogens with one attached hydrogen (secondary N) is 1. The highest BCUT2D eigenvalue weighted by molar-refractivity contribution is 9.10. The summed E-state index contributed by atoms with van der Waals surface area (Å²) in [5.41, 5.74) is 7.56. The van der Waals surface area contributed by atoms with E-state index in [0.717, 1.165) is 10.2 Å². The van der Waals surface area contributed by atoms with Crippen LogP contribution in [0.5, 0.6) is 0 Å². The third kappa shape index (κ3) is 3.56. The number of anilines is 2. The fraction of sp³-hybridized carbons (Fsp3) is 0.0769. The molecule has 18 heavy (non-hydrogen) atoms. The number of amides is 1. The van der Waals surface area contributed by atoms with Gasteiger partial charge in [-0.15, -0.1) is 0 Å². The average Bonchev–Trinajstić information content (AvgIpc) is 2.32. The molecule has 0 saturated carbocycles. The molecule has 2 aromatic rings. The molecule has 0 spiro atoms.